The summed E-state index contributed by atoms with van der Waals surface area (Å²) >= 11 is 0. The Labute approximate surface area is 203 Å². The molecule has 0 spiro atoms. The first-order valence-corrected chi connectivity index (χ1v) is 11.3. The number of nitrogens with zero attached hydrogens (tertiary/aromatic N) is 2. The van der Waals surface area contributed by atoms with Gasteiger partial charge < -0.3 is 21.3 Å². The lowest BCUT2D eigenvalue weighted by molar-refractivity contribution is -0.140. The summed E-state index contributed by atoms with van der Waals surface area (Å²) in [5, 5.41) is 0. The van der Waals surface area contributed by atoms with Gasteiger partial charge in [-0.3, -0.25) is 9.59 Å². The molecule has 0 aliphatic carbocycles. The molecule has 1 aliphatic rings. The van der Waals surface area contributed by atoms with Crippen molar-refractivity contribution in [2.45, 2.75) is 37.8 Å². The highest BCUT2D eigenvalue weighted by atomic mass is 19.2. The maximum absolute atomic E-state index is 13.8. The number of piperazine rings is 1. The molecule has 0 saturated carbocycles. The van der Waals surface area contributed by atoms with Crippen molar-refractivity contribution in [3.8, 4) is 0 Å². The van der Waals surface area contributed by atoms with Gasteiger partial charge in [-0.05, 0) is 36.1 Å². The van der Waals surface area contributed by atoms with Crippen LogP contribution in [0.4, 0.5) is 26.3 Å². The normalized spacial score (nSPS) is 15.7. The average Bonchev–Trinajstić information content (AvgIpc) is 2.81. The molecule has 2 amide bonds. The molecule has 1 saturated heterocycles. The number of hydrogen-bond donors (Lipinski definition) is 2. The molecular formula is C24H26F6N4O2. The molecule has 2 atom stereocenters. The van der Waals surface area contributed by atoms with Gasteiger partial charge in [0, 0.05) is 63.2 Å². The maximum atomic E-state index is 13.8. The van der Waals surface area contributed by atoms with E-state index in [1.165, 1.54) is 9.80 Å². The van der Waals surface area contributed by atoms with Crippen LogP contribution in [0.25, 0.3) is 0 Å². The minimum Gasteiger partial charge on any atom is -0.339 e. The topological polar surface area (TPSA) is 92.7 Å². The van der Waals surface area contributed by atoms with Gasteiger partial charge in [-0.2, -0.15) is 0 Å². The molecule has 4 N–H and O–H groups in total. The first-order chi connectivity index (χ1) is 16.9. The van der Waals surface area contributed by atoms with Gasteiger partial charge in [-0.15, -0.1) is 0 Å². The van der Waals surface area contributed by atoms with E-state index in [2.05, 4.69) is 0 Å². The molecule has 2 aromatic rings. The molecule has 1 fully saturated rings. The van der Waals surface area contributed by atoms with Gasteiger partial charge in [0.15, 0.2) is 23.3 Å². The zero-order valence-corrected chi connectivity index (χ0v) is 19.3. The molecule has 1 heterocycles. The third-order valence-corrected chi connectivity index (χ3v) is 6.00. The average molecular weight is 516 g/mol. The van der Waals surface area contributed by atoms with Crippen molar-refractivity contribution in [1.82, 2.24) is 9.80 Å². The minimum absolute atomic E-state index is 0.135. The van der Waals surface area contributed by atoms with Crippen LogP contribution in [-0.2, 0) is 22.4 Å². The number of benzene rings is 2. The van der Waals surface area contributed by atoms with Crippen LogP contribution in [0.15, 0.2) is 24.3 Å². The standard InChI is InChI=1S/C24H26F6N4O2/c25-17-11-21(29)19(27)7-13(17)5-15(31)9-23(35)33-1-2-34(4-3-33)24(36)10-16(32)6-14-8-20(28)22(30)12-18(14)26/h7-8,11-12,15-16H,1-6,9-10,31-32H2/t15-,16+. The number of halogens is 6. The van der Waals surface area contributed by atoms with Crippen LogP contribution in [0.1, 0.15) is 24.0 Å². The van der Waals surface area contributed by atoms with Gasteiger partial charge in [-0.25, -0.2) is 26.3 Å². The van der Waals surface area contributed by atoms with Crippen LogP contribution in [0.2, 0.25) is 0 Å². The Morgan fingerprint density at radius 3 is 1.25 bits per heavy atom. The van der Waals surface area contributed by atoms with Gasteiger partial charge in [0.25, 0.3) is 0 Å². The first kappa shape index (κ1) is 27.5. The second-order valence-corrected chi connectivity index (χ2v) is 8.81. The van der Waals surface area contributed by atoms with E-state index in [-0.39, 0.29) is 74.8 Å². The van der Waals surface area contributed by atoms with Crippen LogP contribution in [0, 0.1) is 34.9 Å². The summed E-state index contributed by atoms with van der Waals surface area (Å²) in [7, 11) is 0. The highest BCUT2D eigenvalue weighted by molar-refractivity contribution is 5.79. The van der Waals surface area contributed by atoms with Gasteiger partial charge in [-0.1, -0.05) is 0 Å². The fourth-order valence-electron chi connectivity index (χ4n) is 4.06. The Kier molecular flexibility index (Phi) is 8.96. The highest BCUT2D eigenvalue weighted by Crippen LogP contribution is 2.18. The van der Waals surface area contributed by atoms with Crippen molar-refractivity contribution in [3.05, 3.63) is 70.3 Å². The highest BCUT2D eigenvalue weighted by Gasteiger charge is 2.27. The summed E-state index contributed by atoms with van der Waals surface area (Å²) in [6.07, 6.45) is -0.637. The zero-order chi connectivity index (χ0) is 26.6. The third kappa shape index (κ3) is 6.97. The second-order valence-electron chi connectivity index (χ2n) is 8.81. The largest absolute Gasteiger partial charge is 0.339 e. The van der Waals surface area contributed by atoms with Crippen molar-refractivity contribution in [3.63, 3.8) is 0 Å². The van der Waals surface area contributed by atoms with E-state index >= 15 is 0 Å². The molecule has 2 aromatic carbocycles. The molecule has 3 rings (SSSR count). The van der Waals surface area contributed by atoms with Gasteiger partial charge in [0.05, 0.1) is 0 Å². The monoisotopic (exact) mass is 516 g/mol. The zero-order valence-electron chi connectivity index (χ0n) is 19.3. The van der Waals surface area contributed by atoms with Crippen molar-refractivity contribution in [1.29, 1.82) is 0 Å². The lowest BCUT2D eigenvalue weighted by atomic mass is 10.0. The van der Waals surface area contributed by atoms with Crippen molar-refractivity contribution < 1.29 is 35.9 Å². The summed E-state index contributed by atoms with van der Waals surface area (Å²) in [5.41, 5.74) is 11.6. The van der Waals surface area contributed by atoms with E-state index < -0.39 is 47.0 Å². The fourth-order valence-corrected chi connectivity index (χ4v) is 4.06. The predicted molar refractivity (Wildman–Crippen MR) is 118 cm³/mol. The Balaban J connectivity index is 1.45. The Hall–Kier alpha value is -3.12. The van der Waals surface area contributed by atoms with Crippen LogP contribution in [0.5, 0.6) is 0 Å². The van der Waals surface area contributed by atoms with Crippen molar-refractivity contribution in [2.75, 3.05) is 26.2 Å². The van der Waals surface area contributed by atoms with E-state index in [0.29, 0.717) is 24.3 Å². The molecule has 0 radical (unpaired) electrons. The van der Waals surface area contributed by atoms with Crippen molar-refractivity contribution in [2.24, 2.45) is 11.5 Å². The molecular weight excluding hydrogens is 490 g/mol. The van der Waals surface area contributed by atoms with E-state index in [9.17, 15) is 35.9 Å². The van der Waals surface area contributed by atoms with Crippen LogP contribution >= 0.6 is 0 Å². The lowest BCUT2D eigenvalue weighted by Crippen LogP contribution is -2.52. The number of rotatable bonds is 8. The molecule has 1 aliphatic heterocycles. The number of amides is 2. The van der Waals surface area contributed by atoms with E-state index in [1.807, 2.05) is 0 Å². The SMILES string of the molecule is N[C@H](CC(=O)N1CCN(C(=O)C[C@H](N)Cc2cc(F)c(F)cc2F)CC1)Cc1cc(F)c(F)cc1F. The van der Waals surface area contributed by atoms with E-state index in [1.54, 1.807) is 0 Å². The fraction of sp³-hybridized carbons (Fsp3) is 0.417. The van der Waals surface area contributed by atoms with Crippen LogP contribution in [-0.4, -0.2) is 59.9 Å². The van der Waals surface area contributed by atoms with Gasteiger partial charge >= 0.3 is 0 Å². The van der Waals surface area contributed by atoms with Gasteiger partial charge in [0.2, 0.25) is 11.8 Å². The molecule has 0 unspecified atom stereocenters. The van der Waals surface area contributed by atoms with Crippen LogP contribution < -0.4 is 11.5 Å². The summed E-state index contributed by atoms with van der Waals surface area (Å²) in [5.74, 6) is -7.60. The van der Waals surface area contributed by atoms with Crippen molar-refractivity contribution >= 4 is 11.8 Å². The van der Waals surface area contributed by atoms with Crippen LogP contribution in [0.3, 0.4) is 0 Å². The smallest absolute Gasteiger partial charge is 0.224 e. The molecule has 196 valence electrons. The predicted octanol–water partition coefficient (Wildman–Crippen LogP) is 2.41. The summed E-state index contributed by atoms with van der Waals surface area (Å²) < 4.78 is 80.5. The van der Waals surface area contributed by atoms with E-state index in [4.69, 9.17) is 11.5 Å². The van der Waals surface area contributed by atoms with E-state index in [0.717, 1.165) is 0 Å². The number of carbonyl (C=O) groups excluding carboxylic acids is 2. The third-order valence-electron chi connectivity index (χ3n) is 6.00. The number of carbonyl (C=O) groups is 2. The molecule has 6 nitrogen and oxygen atoms in total. The number of hydrogen-bond acceptors (Lipinski definition) is 4. The molecule has 0 bridgehead atoms. The Morgan fingerprint density at radius 1 is 0.611 bits per heavy atom. The minimum atomic E-state index is -1.31. The van der Waals surface area contributed by atoms with Gasteiger partial charge in [0.1, 0.15) is 11.6 Å². The quantitative estimate of drug-likeness (QED) is 0.417. The molecule has 12 heteroatoms. The Morgan fingerprint density at radius 2 is 0.917 bits per heavy atom. The number of nitrogens with two attached hydrogens (primary N) is 2. The molecule has 0 aromatic heterocycles. The maximum Gasteiger partial charge on any atom is 0.224 e. The lowest BCUT2D eigenvalue weighted by Gasteiger charge is -2.35. The second kappa shape index (κ2) is 11.7. The summed E-state index contributed by atoms with van der Waals surface area (Å²) in [6.45, 7) is 0.849. The Bertz CT molecular complexity index is 1040. The molecule has 36 heavy (non-hydrogen) atoms. The first-order valence-electron chi connectivity index (χ1n) is 11.3. The summed E-state index contributed by atoms with van der Waals surface area (Å²) in [4.78, 5) is 28.1. The summed E-state index contributed by atoms with van der Waals surface area (Å²) in [6, 6.07) is 0.624.